The third-order valence-corrected chi connectivity index (χ3v) is 5.45. The minimum Gasteiger partial charge on any atom is -0.495 e. The van der Waals surface area contributed by atoms with Gasteiger partial charge in [0.2, 0.25) is 0 Å². The van der Waals surface area contributed by atoms with Crippen molar-refractivity contribution >= 4 is 45.9 Å². The predicted molar refractivity (Wildman–Crippen MR) is 126 cm³/mol. The van der Waals surface area contributed by atoms with Gasteiger partial charge >= 0.3 is 0 Å². The summed E-state index contributed by atoms with van der Waals surface area (Å²) in [7, 11) is 1.59. The molecule has 0 saturated carbocycles. The molecule has 0 radical (unpaired) electrons. The highest BCUT2D eigenvalue weighted by molar-refractivity contribution is 6.32. The van der Waals surface area contributed by atoms with E-state index in [1.807, 2.05) is 54.6 Å². The SMILES string of the molecule is COc1ccc(Nc2ncnc3c(-c4ccc(Cl)cc4)n(-c4ccccc4Cl)nc23)nc1. The number of aromatic nitrogens is 5. The predicted octanol–water partition coefficient (Wildman–Crippen LogP) is 5.94. The third kappa shape index (κ3) is 3.72. The van der Waals surface area contributed by atoms with E-state index in [1.165, 1.54) is 6.33 Å². The van der Waals surface area contributed by atoms with Gasteiger partial charge in [-0.1, -0.05) is 47.5 Å². The monoisotopic (exact) mass is 462 g/mol. The van der Waals surface area contributed by atoms with Crippen LogP contribution < -0.4 is 10.1 Å². The number of pyridine rings is 1. The Bertz CT molecular complexity index is 1400. The van der Waals surface area contributed by atoms with Gasteiger partial charge in [0.15, 0.2) is 11.3 Å². The molecule has 0 unspecified atom stereocenters. The Hall–Kier alpha value is -3.68. The number of hydrogen-bond donors (Lipinski definition) is 1. The first kappa shape index (κ1) is 20.2. The molecule has 158 valence electrons. The second-order valence-electron chi connectivity index (χ2n) is 6.85. The van der Waals surface area contributed by atoms with E-state index >= 15 is 0 Å². The first-order valence-electron chi connectivity index (χ1n) is 9.65. The molecule has 7 nitrogen and oxygen atoms in total. The fraction of sp³-hybridized carbons (Fsp3) is 0.0435. The number of para-hydroxylation sites is 1. The van der Waals surface area contributed by atoms with Crippen LogP contribution in [-0.4, -0.2) is 31.8 Å². The molecule has 0 aliphatic rings. The van der Waals surface area contributed by atoms with Crippen molar-refractivity contribution in [2.45, 2.75) is 0 Å². The number of rotatable bonds is 5. The third-order valence-electron chi connectivity index (χ3n) is 4.88. The van der Waals surface area contributed by atoms with Gasteiger partial charge in [0.1, 0.15) is 29.1 Å². The van der Waals surface area contributed by atoms with Crippen molar-refractivity contribution in [3.8, 4) is 22.7 Å². The molecule has 0 saturated heterocycles. The lowest BCUT2D eigenvalue weighted by molar-refractivity contribution is 0.413. The number of nitrogens with zero attached hydrogens (tertiary/aromatic N) is 5. The second kappa shape index (κ2) is 8.45. The number of halogens is 2. The normalized spacial score (nSPS) is 11.0. The van der Waals surface area contributed by atoms with Crippen LogP contribution in [0.25, 0.3) is 28.0 Å². The van der Waals surface area contributed by atoms with Gasteiger partial charge in [0.05, 0.1) is 24.0 Å². The van der Waals surface area contributed by atoms with Gasteiger partial charge in [-0.25, -0.2) is 19.6 Å². The fourth-order valence-electron chi connectivity index (χ4n) is 3.35. The lowest BCUT2D eigenvalue weighted by atomic mass is 10.1. The van der Waals surface area contributed by atoms with E-state index < -0.39 is 0 Å². The first-order valence-corrected chi connectivity index (χ1v) is 10.4. The highest BCUT2D eigenvalue weighted by atomic mass is 35.5. The van der Waals surface area contributed by atoms with E-state index in [0.29, 0.717) is 38.5 Å². The Morgan fingerprint density at radius 2 is 1.69 bits per heavy atom. The lowest BCUT2D eigenvalue weighted by Crippen LogP contribution is -2.00. The van der Waals surface area contributed by atoms with Crippen molar-refractivity contribution in [1.29, 1.82) is 0 Å². The summed E-state index contributed by atoms with van der Waals surface area (Å²) in [6, 6.07) is 18.6. The fourth-order valence-corrected chi connectivity index (χ4v) is 3.69. The Balaban J connectivity index is 1.71. The molecule has 1 N–H and O–H groups in total. The smallest absolute Gasteiger partial charge is 0.163 e. The number of nitrogens with one attached hydrogen (secondary N) is 1. The molecular weight excluding hydrogens is 447 g/mol. The maximum atomic E-state index is 6.51. The summed E-state index contributed by atoms with van der Waals surface area (Å²) >= 11 is 12.6. The van der Waals surface area contributed by atoms with Gasteiger partial charge in [0, 0.05) is 10.6 Å². The molecule has 0 aliphatic heterocycles. The maximum Gasteiger partial charge on any atom is 0.163 e. The van der Waals surface area contributed by atoms with Crippen LogP contribution in [0.5, 0.6) is 5.75 Å². The molecule has 0 bridgehead atoms. The van der Waals surface area contributed by atoms with Crippen LogP contribution in [0.15, 0.2) is 73.2 Å². The summed E-state index contributed by atoms with van der Waals surface area (Å²) in [6.07, 6.45) is 3.12. The van der Waals surface area contributed by atoms with Crippen molar-refractivity contribution in [2.24, 2.45) is 0 Å². The molecule has 0 aliphatic carbocycles. The van der Waals surface area contributed by atoms with Crippen LogP contribution in [0.1, 0.15) is 0 Å². The Kier molecular flexibility index (Phi) is 5.34. The van der Waals surface area contributed by atoms with E-state index in [2.05, 4.69) is 20.3 Å². The molecule has 32 heavy (non-hydrogen) atoms. The highest BCUT2D eigenvalue weighted by Gasteiger charge is 2.20. The van der Waals surface area contributed by atoms with Gasteiger partial charge in [0.25, 0.3) is 0 Å². The van der Waals surface area contributed by atoms with Crippen molar-refractivity contribution in [1.82, 2.24) is 24.7 Å². The van der Waals surface area contributed by atoms with Crippen molar-refractivity contribution in [2.75, 3.05) is 12.4 Å². The zero-order valence-electron chi connectivity index (χ0n) is 16.8. The van der Waals surface area contributed by atoms with Crippen LogP contribution in [0.2, 0.25) is 10.0 Å². The molecule has 5 aromatic rings. The number of anilines is 2. The van der Waals surface area contributed by atoms with E-state index in [9.17, 15) is 0 Å². The Labute approximate surface area is 193 Å². The average molecular weight is 463 g/mol. The molecule has 0 amide bonds. The standard InChI is InChI=1S/C23H16Cl2N6O/c1-32-16-10-11-19(26-12-16)29-23-21-20(27-13-28-23)22(14-6-8-15(24)9-7-14)31(30-21)18-5-3-2-4-17(18)25/h2-13H,1H3,(H,26,27,28,29). The number of fused-ring (bicyclic) bond motifs is 1. The minimum absolute atomic E-state index is 0.522. The van der Waals surface area contributed by atoms with Gasteiger partial charge in [-0.2, -0.15) is 5.10 Å². The Morgan fingerprint density at radius 3 is 2.41 bits per heavy atom. The number of ether oxygens (including phenoxy) is 1. The van der Waals surface area contributed by atoms with Crippen LogP contribution in [0, 0.1) is 0 Å². The molecule has 2 aromatic carbocycles. The van der Waals surface area contributed by atoms with Crippen LogP contribution in [0.4, 0.5) is 11.6 Å². The molecule has 3 heterocycles. The topological polar surface area (TPSA) is 77.8 Å². The summed E-state index contributed by atoms with van der Waals surface area (Å²) in [6.45, 7) is 0. The molecule has 3 aromatic heterocycles. The Morgan fingerprint density at radius 1 is 0.875 bits per heavy atom. The van der Waals surface area contributed by atoms with E-state index in [4.69, 9.17) is 33.0 Å². The zero-order valence-corrected chi connectivity index (χ0v) is 18.3. The van der Waals surface area contributed by atoms with Gasteiger partial charge < -0.3 is 10.1 Å². The molecule has 0 fully saturated rings. The summed E-state index contributed by atoms with van der Waals surface area (Å²) in [5.74, 6) is 1.79. The van der Waals surface area contributed by atoms with Crippen LogP contribution in [-0.2, 0) is 0 Å². The van der Waals surface area contributed by atoms with Crippen LogP contribution in [0.3, 0.4) is 0 Å². The number of hydrogen-bond acceptors (Lipinski definition) is 6. The first-order chi connectivity index (χ1) is 15.6. The molecule has 5 rings (SSSR count). The summed E-state index contributed by atoms with van der Waals surface area (Å²) in [5, 5.41) is 9.26. The number of benzene rings is 2. The quantitative estimate of drug-likeness (QED) is 0.348. The molecule has 0 atom stereocenters. The molecular formula is C23H16Cl2N6O. The number of methoxy groups -OCH3 is 1. The zero-order chi connectivity index (χ0) is 22.1. The average Bonchev–Trinajstić information content (AvgIpc) is 3.21. The lowest BCUT2D eigenvalue weighted by Gasteiger charge is -2.09. The van der Waals surface area contributed by atoms with Crippen molar-refractivity contribution in [3.63, 3.8) is 0 Å². The van der Waals surface area contributed by atoms with Gasteiger partial charge in [-0.05, 0) is 36.4 Å². The van der Waals surface area contributed by atoms with Crippen molar-refractivity contribution < 1.29 is 4.74 Å². The van der Waals surface area contributed by atoms with Gasteiger partial charge in [-0.15, -0.1) is 0 Å². The second-order valence-corrected chi connectivity index (χ2v) is 7.69. The maximum absolute atomic E-state index is 6.51. The summed E-state index contributed by atoms with van der Waals surface area (Å²) < 4.78 is 6.95. The molecule has 0 spiro atoms. The largest absolute Gasteiger partial charge is 0.495 e. The van der Waals surface area contributed by atoms with E-state index in [0.717, 1.165) is 16.9 Å². The van der Waals surface area contributed by atoms with Crippen molar-refractivity contribution in [3.05, 3.63) is 83.2 Å². The van der Waals surface area contributed by atoms with Gasteiger partial charge in [-0.3, -0.25) is 0 Å². The minimum atomic E-state index is 0.522. The molecule has 9 heteroatoms. The summed E-state index contributed by atoms with van der Waals surface area (Å²) in [5.41, 5.74) is 3.64. The highest BCUT2D eigenvalue weighted by Crippen LogP contribution is 2.35. The van der Waals surface area contributed by atoms with E-state index in [1.54, 1.807) is 24.1 Å². The summed E-state index contributed by atoms with van der Waals surface area (Å²) in [4.78, 5) is 13.3. The van der Waals surface area contributed by atoms with E-state index in [-0.39, 0.29) is 0 Å². The van der Waals surface area contributed by atoms with Crippen LogP contribution >= 0.6 is 23.2 Å².